The summed E-state index contributed by atoms with van der Waals surface area (Å²) in [6, 6.07) is 0. The van der Waals surface area contributed by atoms with Gasteiger partial charge < -0.3 is 14.6 Å². The first kappa shape index (κ1) is 18.2. The predicted molar refractivity (Wildman–Crippen MR) is 95.3 cm³/mol. The minimum absolute atomic E-state index is 0.0296. The molecule has 3 fully saturated rings. The van der Waals surface area contributed by atoms with Crippen LogP contribution in [0.2, 0.25) is 0 Å². The molecule has 0 aromatic carbocycles. The van der Waals surface area contributed by atoms with Crippen molar-refractivity contribution in [1.29, 1.82) is 0 Å². The largest absolute Gasteiger partial charge is 0.450 e. The quantitative estimate of drug-likeness (QED) is 0.574. The minimum atomic E-state index is -0.888. The lowest BCUT2D eigenvalue weighted by Crippen LogP contribution is -2.61. The molecule has 1 N–H and O–H groups in total. The van der Waals surface area contributed by atoms with E-state index in [2.05, 4.69) is 0 Å². The fourth-order valence-electron chi connectivity index (χ4n) is 6.09. The van der Waals surface area contributed by atoms with Crippen molar-refractivity contribution in [2.24, 2.45) is 23.2 Å². The molecule has 2 saturated carbocycles. The summed E-state index contributed by atoms with van der Waals surface area (Å²) in [5.41, 5.74) is 0.421. The lowest BCUT2D eigenvalue weighted by Gasteiger charge is -2.57. The van der Waals surface area contributed by atoms with Crippen molar-refractivity contribution in [1.82, 2.24) is 0 Å². The van der Waals surface area contributed by atoms with Gasteiger partial charge in [-0.05, 0) is 50.5 Å². The van der Waals surface area contributed by atoms with E-state index in [4.69, 9.17) is 9.47 Å². The van der Waals surface area contributed by atoms with Crippen molar-refractivity contribution in [2.75, 3.05) is 6.61 Å². The van der Waals surface area contributed by atoms with Crippen LogP contribution < -0.4 is 0 Å². The Morgan fingerprint density at radius 2 is 2.00 bits per heavy atom. The number of fused-ring (bicyclic) bond motifs is 5. The summed E-state index contributed by atoms with van der Waals surface area (Å²) in [6.07, 6.45) is 3.06. The molecule has 5 nitrogen and oxygen atoms in total. The number of allylic oxidation sites excluding steroid dienone is 1. The topological polar surface area (TPSA) is 72.8 Å². The zero-order valence-electron chi connectivity index (χ0n) is 16.2. The van der Waals surface area contributed by atoms with Gasteiger partial charge in [-0.2, -0.15) is 0 Å². The Bertz CT molecular complexity index is 678. The first-order valence-electron chi connectivity index (χ1n) is 9.91. The molecule has 3 aliphatic carbocycles. The number of esters is 1. The van der Waals surface area contributed by atoms with E-state index in [1.165, 1.54) is 6.92 Å². The first-order valence-corrected chi connectivity index (χ1v) is 9.91. The number of hydrogen-bond acceptors (Lipinski definition) is 5. The maximum Gasteiger partial charge on any atom is 0.303 e. The van der Waals surface area contributed by atoms with Gasteiger partial charge in [0.2, 0.25) is 0 Å². The second-order valence-electron chi connectivity index (χ2n) is 9.33. The van der Waals surface area contributed by atoms with Crippen LogP contribution in [0.1, 0.15) is 59.8 Å². The molecule has 4 rings (SSSR count). The van der Waals surface area contributed by atoms with Crippen LogP contribution in [-0.4, -0.2) is 41.3 Å². The molecule has 0 aromatic heterocycles. The van der Waals surface area contributed by atoms with E-state index in [1.54, 1.807) is 0 Å². The van der Waals surface area contributed by atoms with Gasteiger partial charge in [0.25, 0.3) is 0 Å². The molecule has 26 heavy (non-hydrogen) atoms. The average molecular weight is 362 g/mol. The van der Waals surface area contributed by atoms with Crippen molar-refractivity contribution in [3.05, 3.63) is 11.1 Å². The predicted octanol–water partition coefficient (Wildman–Crippen LogP) is 2.80. The Balaban J connectivity index is 1.84. The molecule has 1 heterocycles. The van der Waals surface area contributed by atoms with Crippen LogP contribution in [0.5, 0.6) is 0 Å². The highest BCUT2D eigenvalue weighted by Gasteiger charge is 2.60. The van der Waals surface area contributed by atoms with E-state index < -0.39 is 23.1 Å². The third kappa shape index (κ3) is 2.43. The number of rotatable bonds is 1. The molecule has 144 valence electrons. The monoisotopic (exact) mass is 362 g/mol. The van der Waals surface area contributed by atoms with Gasteiger partial charge in [0, 0.05) is 24.2 Å². The van der Waals surface area contributed by atoms with E-state index in [0.717, 1.165) is 30.4 Å². The molecule has 4 aliphatic rings. The minimum Gasteiger partial charge on any atom is -0.450 e. The summed E-state index contributed by atoms with van der Waals surface area (Å²) in [5.74, 6) is -0.123. The van der Waals surface area contributed by atoms with Crippen LogP contribution in [0.4, 0.5) is 0 Å². The van der Waals surface area contributed by atoms with Crippen LogP contribution in [0.25, 0.3) is 0 Å². The number of Topliss-reactive ketones (excluding diaryl/α,β-unsaturated/α-hetero) is 1. The van der Waals surface area contributed by atoms with Gasteiger partial charge in [0.15, 0.2) is 11.9 Å². The molecule has 5 heteroatoms. The summed E-state index contributed by atoms with van der Waals surface area (Å²) in [4.78, 5) is 25.4. The lowest BCUT2D eigenvalue weighted by molar-refractivity contribution is -0.201. The van der Waals surface area contributed by atoms with Crippen LogP contribution in [0.3, 0.4) is 0 Å². The fraction of sp³-hybridized carbons (Fsp3) is 0.810. The van der Waals surface area contributed by atoms with Crippen LogP contribution in [0, 0.1) is 23.2 Å². The Labute approximate surface area is 155 Å². The maximum absolute atomic E-state index is 13.5. The van der Waals surface area contributed by atoms with Gasteiger partial charge in [-0.15, -0.1) is 0 Å². The highest BCUT2D eigenvalue weighted by molar-refractivity contribution is 5.91. The van der Waals surface area contributed by atoms with Crippen molar-refractivity contribution < 1.29 is 24.2 Å². The number of carbonyl (C=O) groups excluding carboxylic acids is 2. The summed E-state index contributed by atoms with van der Waals surface area (Å²) in [6.45, 7) is 8.06. The van der Waals surface area contributed by atoms with Crippen LogP contribution in [-0.2, 0) is 19.1 Å². The Morgan fingerprint density at radius 1 is 1.27 bits per heavy atom. The molecule has 1 saturated heterocycles. The number of aliphatic hydroxyl groups is 1. The molecule has 1 aliphatic heterocycles. The molecule has 0 aromatic rings. The van der Waals surface area contributed by atoms with Crippen molar-refractivity contribution >= 4 is 11.8 Å². The third-order valence-corrected chi connectivity index (χ3v) is 7.76. The Morgan fingerprint density at radius 3 is 2.62 bits per heavy atom. The zero-order valence-corrected chi connectivity index (χ0v) is 16.2. The smallest absolute Gasteiger partial charge is 0.303 e. The third-order valence-electron chi connectivity index (χ3n) is 7.76. The van der Waals surface area contributed by atoms with Crippen LogP contribution >= 0.6 is 0 Å². The highest BCUT2D eigenvalue weighted by Crippen LogP contribution is 2.57. The van der Waals surface area contributed by atoms with Gasteiger partial charge in [0.05, 0.1) is 18.3 Å². The van der Waals surface area contributed by atoms with Crippen molar-refractivity contribution in [3.8, 4) is 0 Å². The average Bonchev–Trinajstić information content (AvgIpc) is 2.51. The molecule has 0 radical (unpaired) electrons. The number of carbonyl (C=O) groups is 2. The summed E-state index contributed by atoms with van der Waals surface area (Å²) < 4.78 is 11.3. The zero-order chi connectivity index (χ0) is 18.9. The maximum atomic E-state index is 13.5. The van der Waals surface area contributed by atoms with E-state index in [0.29, 0.717) is 25.4 Å². The second-order valence-corrected chi connectivity index (χ2v) is 9.33. The van der Waals surface area contributed by atoms with E-state index >= 15 is 0 Å². The summed E-state index contributed by atoms with van der Waals surface area (Å²) in [7, 11) is 0. The molecular formula is C21H30O5. The molecular weight excluding hydrogens is 332 g/mol. The van der Waals surface area contributed by atoms with E-state index in [-0.39, 0.29) is 23.7 Å². The van der Waals surface area contributed by atoms with Gasteiger partial charge in [-0.25, -0.2) is 0 Å². The summed E-state index contributed by atoms with van der Waals surface area (Å²) >= 11 is 0. The Kier molecular flexibility index (Phi) is 4.12. The standard InChI is InChI=1S/C21H30O5/c1-11-7-8-21(24)9-14-13(5-6-16-15(14)10-25-16)18(23)19(26-12(2)22)17(11)20(21,3)4/h13-16,19,24H,5-10H2,1-4H3. The molecule has 0 spiro atoms. The fourth-order valence-corrected chi connectivity index (χ4v) is 6.09. The van der Waals surface area contributed by atoms with Gasteiger partial charge in [0.1, 0.15) is 0 Å². The highest BCUT2D eigenvalue weighted by atomic mass is 16.5. The normalized spacial score (nSPS) is 44.2. The Hall–Kier alpha value is -1.20. The van der Waals surface area contributed by atoms with Crippen LogP contribution in [0.15, 0.2) is 11.1 Å². The van der Waals surface area contributed by atoms with Gasteiger partial charge in [-0.3, -0.25) is 9.59 Å². The van der Waals surface area contributed by atoms with Crippen molar-refractivity contribution in [2.45, 2.75) is 77.6 Å². The molecule has 2 bridgehead atoms. The SMILES string of the molecule is CC(=O)OC1C(=O)C2CCC3OCC3C2CC2(O)CCC(C)=C1C2(C)C. The lowest BCUT2D eigenvalue weighted by atomic mass is 9.52. The summed E-state index contributed by atoms with van der Waals surface area (Å²) in [5, 5.41) is 11.7. The number of ether oxygens (including phenoxy) is 2. The first-order chi connectivity index (χ1) is 12.2. The molecule has 0 amide bonds. The van der Waals surface area contributed by atoms with E-state index in [9.17, 15) is 14.7 Å². The molecule has 6 atom stereocenters. The second kappa shape index (κ2) is 5.90. The van der Waals surface area contributed by atoms with Crippen molar-refractivity contribution in [3.63, 3.8) is 0 Å². The van der Waals surface area contributed by atoms with Gasteiger partial charge >= 0.3 is 5.97 Å². The molecule has 6 unspecified atom stereocenters. The number of ketones is 1. The van der Waals surface area contributed by atoms with E-state index in [1.807, 2.05) is 20.8 Å². The van der Waals surface area contributed by atoms with Gasteiger partial charge in [-0.1, -0.05) is 19.4 Å². The number of hydrogen-bond donors (Lipinski definition) is 1.